The molecular formula is C18H18ClN3O. The van der Waals surface area contributed by atoms with Crippen molar-refractivity contribution in [2.75, 3.05) is 0 Å². The molecule has 5 heteroatoms. The molecule has 0 bridgehead atoms. The van der Waals surface area contributed by atoms with E-state index in [1.807, 2.05) is 36.4 Å². The number of hydrogen-bond acceptors (Lipinski definition) is 4. The quantitative estimate of drug-likeness (QED) is 0.740. The van der Waals surface area contributed by atoms with Gasteiger partial charge in [0.2, 0.25) is 5.89 Å². The minimum Gasteiger partial charge on any atom is -0.340 e. The molecule has 3 aromatic rings. The van der Waals surface area contributed by atoms with Crippen LogP contribution in [0.2, 0.25) is 5.02 Å². The van der Waals surface area contributed by atoms with Gasteiger partial charge in [0.25, 0.3) is 0 Å². The first-order valence-electron chi connectivity index (χ1n) is 7.53. The molecule has 0 unspecified atom stereocenters. The van der Waals surface area contributed by atoms with E-state index >= 15 is 0 Å². The van der Waals surface area contributed by atoms with Crippen molar-refractivity contribution in [1.82, 2.24) is 15.5 Å². The Hall–Kier alpha value is -2.17. The Kier molecular flexibility index (Phi) is 5.05. The number of nitrogens with one attached hydrogen (secondary N) is 1. The van der Waals surface area contributed by atoms with Crippen LogP contribution in [-0.4, -0.2) is 10.1 Å². The van der Waals surface area contributed by atoms with Crippen molar-refractivity contribution in [2.24, 2.45) is 0 Å². The summed E-state index contributed by atoms with van der Waals surface area (Å²) in [5.41, 5.74) is 2.31. The van der Waals surface area contributed by atoms with Crippen molar-refractivity contribution in [2.45, 2.75) is 25.9 Å². The van der Waals surface area contributed by atoms with E-state index < -0.39 is 0 Å². The minimum atomic E-state index is 0.120. The van der Waals surface area contributed by atoms with E-state index in [0.717, 1.165) is 17.0 Å². The number of aryl methyl sites for hydroxylation is 1. The number of nitrogens with zero attached hydrogens (tertiary/aromatic N) is 2. The normalized spacial score (nSPS) is 12.3. The third kappa shape index (κ3) is 4.18. The van der Waals surface area contributed by atoms with Crippen LogP contribution in [0.1, 0.15) is 28.9 Å². The van der Waals surface area contributed by atoms with Crippen LogP contribution in [0, 0.1) is 6.92 Å². The molecule has 0 aliphatic rings. The van der Waals surface area contributed by atoms with Crippen molar-refractivity contribution in [3.05, 3.63) is 82.5 Å². The Bertz CT molecular complexity index is 758. The summed E-state index contributed by atoms with van der Waals surface area (Å²) in [4.78, 5) is 4.23. The SMILES string of the molecule is Cc1nc(CN[C@H](Cc2ccccc2Cl)c2ccccc2)no1. The molecule has 0 fully saturated rings. The number of benzene rings is 2. The Morgan fingerprint density at radius 2 is 1.83 bits per heavy atom. The molecule has 1 N–H and O–H groups in total. The number of halogens is 1. The fraction of sp³-hybridized carbons (Fsp3) is 0.222. The lowest BCUT2D eigenvalue weighted by atomic mass is 9.99. The van der Waals surface area contributed by atoms with E-state index in [1.54, 1.807) is 6.92 Å². The van der Waals surface area contributed by atoms with Gasteiger partial charge in [0.15, 0.2) is 5.82 Å². The molecule has 2 aromatic carbocycles. The Morgan fingerprint density at radius 1 is 1.09 bits per heavy atom. The van der Waals surface area contributed by atoms with E-state index in [-0.39, 0.29) is 6.04 Å². The minimum absolute atomic E-state index is 0.120. The highest BCUT2D eigenvalue weighted by Crippen LogP contribution is 2.23. The van der Waals surface area contributed by atoms with E-state index in [9.17, 15) is 0 Å². The lowest BCUT2D eigenvalue weighted by Gasteiger charge is -2.19. The highest BCUT2D eigenvalue weighted by molar-refractivity contribution is 6.31. The zero-order valence-corrected chi connectivity index (χ0v) is 13.6. The van der Waals surface area contributed by atoms with Gasteiger partial charge < -0.3 is 9.84 Å². The van der Waals surface area contributed by atoms with E-state index in [2.05, 4.69) is 33.7 Å². The van der Waals surface area contributed by atoms with Gasteiger partial charge in [-0.3, -0.25) is 0 Å². The number of rotatable bonds is 6. The summed E-state index contributed by atoms with van der Waals surface area (Å²) in [6, 6.07) is 18.3. The van der Waals surface area contributed by atoms with Gasteiger partial charge in [-0.25, -0.2) is 0 Å². The molecule has 3 rings (SSSR count). The van der Waals surface area contributed by atoms with Gasteiger partial charge in [0, 0.05) is 18.0 Å². The third-order valence-corrected chi connectivity index (χ3v) is 4.03. The Labute approximate surface area is 140 Å². The first-order valence-corrected chi connectivity index (χ1v) is 7.91. The Balaban J connectivity index is 1.78. The van der Waals surface area contributed by atoms with Crippen LogP contribution in [0.5, 0.6) is 0 Å². The van der Waals surface area contributed by atoms with Gasteiger partial charge in [-0.05, 0) is 23.6 Å². The van der Waals surface area contributed by atoms with E-state index in [0.29, 0.717) is 18.3 Å². The molecule has 23 heavy (non-hydrogen) atoms. The average Bonchev–Trinajstić information content (AvgIpc) is 2.99. The molecule has 0 radical (unpaired) electrons. The third-order valence-electron chi connectivity index (χ3n) is 3.66. The molecular weight excluding hydrogens is 310 g/mol. The summed E-state index contributed by atoms with van der Waals surface area (Å²) in [7, 11) is 0. The predicted octanol–water partition coefficient (Wildman–Crippen LogP) is 4.11. The van der Waals surface area contributed by atoms with Gasteiger partial charge >= 0.3 is 0 Å². The van der Waals surface area contributed by atoms with Crippen LogP contribution in [0.25, 0.3) is 0 Å². The number of aromatic nitrogens is 2. The average molecular weight is 328 g/mol. The molecule has 118 valence electrons. The zero-order valence-electron chi connectivity index (χ0n) is 12.9. The smallest absolute Gasteiger partial charge is 0.223 e. The largest absolute Gasteiger partial charge is 0.340 e. The maximum Gasteiger partial charge on any atom is 0.223 e. The lowest BCUT2D eigenvalue weighted by molar-refractivity contribution is 0.383. The molecule has 0 saturated heterocycles. The van der Waals surface area contributed by atoms with Crippen LogP contribution in [-0.2, 0) is 13.0 Å². The molecule has 1 aromatic heterocycles. The zero-order chi connectivity index (χ0) is 16.1. The summed E-state index contributed by atoms with van der Waals surface area (Å²) in [6.07, 6.45) is 0.792. The van der Waals surface area contributed by atoms with Gasteiger partial charge in [0.05, 0.1) is 6.54 Å². The molecule has 0 spiro atoms. The van der Waals surface area contributed by atoms with Crippen molar-refractivity contribution in [1.29, 1.82) is 0 Å². The van der Waals surface area contributed by atoms with Crippen molar-refractivity contribution in [3.8, 4) is 0 Å². The maximum atomic E-state index is 6.31. The molecule has 4 nitrogen and oxygen atoms in total. The molecule has 1 atom stereocenters. The summed E-state index contributed by atoms with van der Waals surface area (Å²) < 4.78 is 5.02. The summed E-state index contributed by atoms with van der Waals surface area (Å²) >= 11 is 6.31. The van der Waals surface area contributed by atoms with Gasteiger partial charge in [-0.15, -0.1) is 0 Å². The van der Waals surface area contributed by atoms with Gasteiger partial charge in [-0.1, -0.05) is 65.3 Å². The summed E-state index contributed by atoms with van der Waals surface area (Å²) in [5.74, 6) is 1.23. The Morgan fingerprint density at radius 3 is 2.52 bits per heavy atom. The summed E-state index contributed by atoms with van der Waals surface area (Å²) in [6.45, 7) is 2.33. The van der Waals surface area contributed by atoms with Crippen LogP contribution >= 0.6 is 11.6 Å². The van der Waals surface area contributed by atoms with Crippen LogP contribution in [0.3, 0.4) is 0 Å². The van der Waals surface area contributed by atoms with Crippen LogP contribution < -0.4 is 5.32 Å². The van der Waals surface area contributed by atoms with Crippen molar-refractivity contribution < 1.29 is 4.52 Å². The highest BCUT2D eigenvalue weighted by atomic mass is 35.5. The van der Waals surface area contributed by atoms with Gasteiger partial charge in [0.1, 0.15) is 0 Å². The maximum absolute atomic E-state index is 6.31. The van der Waals surface area contributed by atoms with Gasteiger partial charge in [-0.2, -0.15) is 4.98 Å². The van der Waals surface area contributed by atoms with Crippen molar-refractivity contribution in [3.63, 3.8) is 0 Å². The van der Waals surface area contributed by atoms with E-state index in [1.165, 1.54) is 5.56 Å². The summed E-state index contributed by atoms with van der Waals surface area (Å²) in [5, 5.41) is 8.21. The molecule has 1 heterocycles. The second-order valence-corrected chi connectivity index (χ2v) is 5.78. The monoisotopic (exact) mass is 327 g/mol. The predicted molar refractivity (Wildman–Crippen MR) is 90.2 cm³/mol. The molecule has 0 aliphatic carbocycles. The first-order chi connectivity index (χ1) is 11.2. The fourth-order valence-corrected chi connectivity index (χ4v) is 2.72. The van der Waals surface area contributed by atoms with Crippen molar-refractivity contribution >= 4 is 11.6 Å². The molecule has 0 amide bonds. The van der Waals surface area contributed by atoms with E-state index in [4.69, 9.17) is 16.1 Å². The topological polar surface area (TPSA) is 51.0 Å². The molecule has 0 saturated carbocycles. The number of hydrogen-bond donors (Lipinski definition) is 1. The highest BCUT2D eigenvalue weighted by Gasteiger charge is 2.14. The first kappa shape index (κ1) is 15.7. The lowest BCUT2D eigenvalue weighted by Crippen LogP contribution is -2.23. The fourth-order valence-electron chi connectivity index (χ4n) is 2.50. The molecule has 0 aliphatic heterocycles. The standard InChI is InChI=1S/C18H18ClN3O/c1-13-21-18(22-23-13)12-20-17(14-7-3-2-4-8-14)11-15-9-5-6-10-16(15)19/h2-10,17,20H,11-12H2,1H3/t17-/m1/s1. The van der Waals surface area contributed by atoms with Crippen LogP contribution in [0.4, 0.5) is 0 Å². The second-order valence-electron chi connectivity index (χ2n) is 5.37. The van der Waals surface area contributed by atoms with Crippen LogP contribution in [0.15, 0.2) is 59.1 Å². The second kappa shape index (κ2) is 7.40.